The van der Waals surface area contributed by atoms with Gasteiger partial charge in [0.2, 0.25) is 5.91 Å². The van der Waals surface area contributed by atoms with Gasteiger partial charge in [-0.1, -0.05) is 35.9 Å². The first kappa shape index (κ1) is 18.0. The van der Waals surface area contributed by atoms with E-state index in [1.807, 2.05) is 31.2 Å². The van der Waals surface area contributed by atoms with Crippen molar-refractivity contribution in [3.8, 4) is 0 Å². The molecule has 1 aliphatic rings. The van der Waals surface area contributed by atoms with Gasteiger partial charge in [-0.15, -0.1) is 0 Å². The lowest BCUT2D eigenvalue weighted by Gasteiger charge is -2.17. The van der Waals surface area contributed by atoms with E-state index in [2.05, 4.69) is 5.32 Å². The van der Waals surface area contributed by atoms with Gasteiger partial charge in [0.15, 0.2) is 11.6 Å². The van der Waals surface area contributed by atoms with Gasteiger partial charge in [0, 0.05) is 5.92 Å². The summed E-state index contributed by atoms with van der Waals surface area (Å²) in [5.74, 6) is -5.02. The van der Waals surface area contributed by atoms with Crippen molar-refractivity contribution in [2.75, 3.05) is 19.0 Å². The summed E-state index contributed by atoms with van der Waals surface area (Å²) in [6.45, 7) is 2.13. The van der Waals surface area contributed by atoms with E-state index in [9.17, 15) is 18.4 Å². The van der Waals surface area contributed by atoms with E-state index in [1.165, 1.54) is 19.2 Å². The first-order valence-electron chi connectivity index (χ1n) is 8.09. The first-order chi connectivity index (χ1) is 12.4. The smallest absolute Gasteiger partial charge is 0.259 e. The Bertz CT molecular complexity index is 839. The molecule has 1 saturated heterocycles. The van der Waals surface area contributed by atoms with Gasteiger partial charge in [0.1, 0.15) is 5.92 Å². The van der Waals surface area contributed by atoms with E-state index >= 15 is 0 Å². The molecular formula is C19H18F2N2O3. The Hall–Kier alpha value is -2.80. The van der Waals surface area contributed by atoms with Crippen molar-refractivity contribution in [1.82, 2.24) is 5.06 Å². The standard InChI is InChI=1S/C19H18F2N2O3/c1-11-6-8-12(9-7-11)13-10-23(26-2)19(25)16(13)18(24)22-15-5-3-4-14(20)17(15)21/h3-9,13,16H,10H2,1-2H3,(H,22,24). The zero-order chi connectivity index (χ0) is 18.8. The number of rotatable bonds is 4. The molecule has 7 heteroatoms. The molecular weight excluding hydrogens is 342 g/mol. The van der Waals surface area contributed by atoms with Gasteiger partial charge in [-0.2, -0.15) is 0 Å². The molecule has 0 aliphatic carbocycles. The molecule has 2 aromatic rings. The van der Waals surface area contributed by atoms with Crippen molar-refractivity contribution in [2.45, 2.75) is 12.8 Å². The SMILES string of the molecule is CON1CC(c2ccc(C)cc2)C(C(=O)Nc2cccc(F)c2F)C1=O. The van der Waals surface area contributed by atoms with Crippen LogP contribution in [0.3, 0.4) is 0 Å². The molecule has 1 aliphatic heterocycles. The third-order valence-corrected chi connectivity index (χ3v) is 4.49. The summed E-state index contributed by atoms with van der Waals surface area (Å²) in [4.78, 5) is 30.3. The number of carbonyl (C=O) groups is 2. The number of hydroxylamine groups is 2. The highest BCUT2D eigenvalue weighted by Gasteiger charge is 2.46. The molecule has 2 amide bonds. The van der Waals surface area contributed by atoms with Crippen LogP contribution in [0.2, 0.25) is 0 Å². The predicted octanol–water partition coefficient (Wildman–Crippen LogP) is 3.02. The number of hydrogen-bond donors (Lipinski definition) is 1. The minimum Gasteiger partial charge on any atom is -0.323 e. The largest absolute Gasteiger partial charge is 0.323 e. The van der Waals surface area contributed by atoms with Crippen LogP contribution in [0.4, 0.5) is 14.5 Å². The van der Waals surface area contributed by atoms with Gasteiger partial charge in [0.25, 0.3) is 5.91 Å². The van der Waals surface area contributed by atoms with E-state index in [-0.39, 0.29) is 12.2 Å². The highest BCUT2D eigenvalue weighted by Crippen LogP contribution is 2.35. The molecule has 0 bridgehead atoms. The maximum atomic E-state index is 13.8. The monoisotopic (exact) mass is 360 g/mol. The van der Waals surface area contributed by atoms with Gasteiger partial charge in [-0.05, 0) is 24.6 Å². The van der Waals surface area contributed by atoms with Crippen LogP contribution >= 0.6 is 0 Å². The summed E-state index contributed by atoms with van der Waals surface area (Å²) in [7, 11) is 1.34. The number of anilines is 1. The Morgan fingerprint density at radius 3 is 2.54 bits per heavy atom. The van der Waals surface area contributed by atoms with Crippen LogP contribution in [-0.4, -0.2) is 30.5 Å². The molecule has 0 radical (unpaired) electrons. The van der Waals surface area contributed by atoms with Gasteiger partial charge in [-0.3, -0.25) is 14.4 Å². The first-order valence-corrected chi connectivity index (χ1v) is 8.09. The molecule has 26 heavy (non-hydrogen) atoms. The minimum atomic E-state index is -1.17. The second-order valence-corrected chi connectivity index (χ2v) is 6.17. The molecule has 0 spiro atoms. The maximum absolute atomic E-state index is 13.8. The Balaban J connectivity index is 1.90. The number of amides is 2. The summed E-state index contributed by atoms with van der Waals surface area (Å²) < 4.78 is 27.2. The Morgan fingerprint density at radius 2 is 1.88 bits per heavy atom. The molecule has 1 heterocycles. The summed E-state index contributed by atoms with van der Waals surface area (Å²) in [6, 6.07) is 10.9. The van der Waals surface area contributed by atoms with Crippen LogP contribution in [-0.2, 0) is 14.4 Å². The lowest BCUT2D eigenvalue weighted by Crippen LogP contribution is -2.33. The Morgan fingerprint density at radius 1 is 1.19 bits per heavy atom. The number of hydrogen-bond acceptors (Lipinski definition) is 3. The van der Waals surface area contributed by atoms with Crippen LogP contribution in [0.5, 0.6) is 0 Å². The highest BCUT2D eigenvalue weighted by molar-refractivity contribution is 6.08. The van der Waals surface area contributed by atoms with E-state index in [0.717, 1.165) is 22.3 Å². The fourth-order valence-electron chi connectivity index (χ4n) is 3.08. The van der Waals surface area contributed by atoms with Crippen LogP contribution in [0.25, 0.3) is 0 Å². The summed E-state index contributed by atoms with van der Waals surface area (Å²) >= 11 is 0. The normalized spacial score (nSPS) is 19.7. The molecule has 5 nitrogen and oxygen atoms in total. The number of aryl methyl sites for hydroxylation is 1. The van der Waals surface area contributed by atoms with Crippen molar-refractivity contribution in [1.29, 1.82) is 0 Å². The van der Waals surface area contributed by atoms with Crippen LogP contribution < -0.4 is 5.32 Å². The lowest BCUT2D eigenvalue weighted by molar-refractivity contribution is -0.170. The van der Waals surface area contributed by atoms with Gasteiger partial charge >= 0.3 is 0 Å². The van der Waals surface area contributed by atoms with Gasteiger partial charge in [0.05, 0.1) is 19.3 Å². The third kappa shape index (κ3) is 3.30. The quantitative estimate of drug-likeness (QED) is 0.853. The lowest BCUT2D eigenvalue weighted by atomic mass is 9.87. The molecule has 2 unspecified atom stereocenters. The number of benzene rings is 2. The fraction of sp³-hybridized carbons (Fsp3) is 0.263. The van der Waals surface area contributed by atoms with E-state index in [0.29, 0.717) is 0 Å². The van der Waals surface area contributed by atoms with Crippen molar-refractivity contribution in [3.05, 3.63) is 65.2 Å². The Labute approximate surface area is 149 Å². The topological polar surface area (TPSA) is 58.6 Å². The highest BCUT2D eigenvalue weighted by atomic mass is 19.2. The van der Waals surface area contributed by atoms with Crippen molar-refractivity contribution >= 4 is 17.5 Å². The zero-order valence-electron chi connectivity index (χ0n) is 14.3. The number of carbonyl (C=O) groups excluding carboxylic acids is 2. The molecule has 2 aromatic carbocycles. The Kier molecular flexibility index (Phi) is 4.99. The average Bonchev–Trinajstić information content (AvgIpc) is 2.96. The molecule has 3 rings (SSSR count). The second kappa shape index (κ2) is 7.21. The molecule has 1 fully saturated rings. The summed E-state index contributed by atoms with van der Waals surface area (Å²) in [5, 5.41) is 3.43. The zero-order valence-corrected chi connectivity index (χ0v) is 14.3. The van der Waals surface area contributed by atoms with Crippen molar-refractivity contribution < 1.29 is 23.2 Å². The third-order valence-electron chi connectivity index (χ3n) is 4.49. The van der Waals surface area contributed by atoms with Crippen molar-refractivity contribution in [3.63, 3.8) is 0 Å². The predicted molar refractivity (Wildman–Crippen MR) is 91.1 cm³/mol. The number of nitrogens with zero attached hydrogens (tertiary/aromatic N) is 1. The summed E-state index contributed by atoms with van der Waals surface area (Å²) in [5.41, 5.74) is 1.54. The van der Waals surface area contributed by atoms with Crippen LogP contribution in [0, 0.1) is 24.5 Å². The van der Waals surface area contributed by atoms with Gasteiger partial charge in [-0.25, -0.2) is 13.8 Å². The molecule has 0 aromatic heterocycles. The minimum absolute atomic E-state index is 0.197. The van der Waals surface area contributed by atoms with Crippen LogP contribution in [0.15, 0.2) is 42.5 Å². The molecule has 0 saturated carbocycles. The molecule has 1 N–H and O–H groups in total. The number of halogens is 2. The van der Waals surface area contributed by atoms with Gasteiger partial charge < -0.3 is 5.32 Å². The van der Waals surface area contributed by atoms with Crippen LogP contribution in [0.1, 0.15) is 17.0 Å². The van der Waals surface area contributed by atoms with E-state index in [1.54, 1.807) is 0 Å². The second-order valence-electron chi connectivity index (χ2n) is 6.17. The van der Waals surface area contributed by atoms with E-state index in [4.69, 9.17) is 4.84 Å². The molecule has 136 valence electrons. The maximum Gasteiger partial charge on any atom is 0.259 e. The summed E-state index contributed by atoms with van der Waals surface area (Å²) in [6.07, 6.45) is 0. The average molecular weight is 360 g/mol. The van der Waals surface area contributed by atoms with Crippen molar-refractivity contribution in [2.24, 2.45) is 5.92 Å². The number of nitrogens with one attached hydrogen (secondary N) is 1. The van der Waals surface area contributed by atoms with E-state index < -0.39 is 35.3 Å². The molecule has 2 atom stereocenters. The fourth-order valence-corrected chi connectivity index (χ4v) is 3.08.